The summed E-state index contributed by atoms with van der Waals surface area (Å²) in [7, 11) is 0. The molecule has 1 aromatic carbocycles. The van der Waals surface area contributed by atoms with Gasteiger partial charge in [-0.2, -0.15) is 0 Å². The van der Waals surface area contributed by atoms with Crippen LogP contribution in [0.1, 0.15) is 5.56 Å². The highest BCUT2D eigenvalue weighted by Gasteiger charge is 2.03. The molecule has 0 aromatic heterocycles. The lowest BCUT2D eigenvalue weighted by Crippen LogP contribution is -1.85. The standard InChI is InChI=1S/C8H5F.C6H4/c1-2-7-4-3-5-8(9)6-7;1-2-6-4-3-5(1)6/h1,3-6H;1-4H. The van der Waals surface area contributed by atoms with Gasteiger partial charge in [-0.05, 0) is 29.3 Å². The normalized spacial score (nSPS) is 9.60. The minimum Gasteiger partial charge on any atom is -0.207 e. The van der Waals surface area contributed by atoms with Crippen molar-refractivity contribution in [2.45, 2.75) is 0 Å². The SMILES string of the molecule is C#Cc1cccc(F)c1.c1cc2ccc1-2. The number of benzene rings is 2. The third kappa shape index (κ3) is 2.05. The van der Waals surface area contributed by atoms with Gasteiger partial charge in [-0.25, -0.2) is 4.39 Å². The van der Waals surface area contributed by atoms with Gasteiger partial charge in [-0.1, -0.05) is 36.3 Å². The first-order valence-corrected chi connectivity index (χ1v) is 4.62. The van der Waals surface area contributed by atoms with Gasteiger partial charge in [0.2, 0.25) is 0 Å². The van der Waals surface area contributed by atoms with E-state index in [1.54, 1.807) is 12.1 Å². The maximum absolute atomic E-state index is 12.3. The molecule has 0 amide bonds. The maximum atomic E-state index is 12.3. The van der Waals surface area contributed by atoms with Crippen molar-refractivity contribution in [3.05, 3.63) is 59.9 Å². The molecule has 1 heteroatoms. The van der Waals surface area contributed by atoms with E-state index >= 15 is 0 Å². The van der Waals surface area contributed by atoms with Crippen LogP contribution in [0.4, 0.5) is 4.39 Å². The largest absolute Gasteiger partial charge is 0.207 e. The molecule has 0 saturated carbocycles. The molecule has 1 aromatic rings. The second-order valence-electron chi connectivity index (χ2n) is 3.23. The number of fused-ring (bicyclic) bond motifs is 1. The summed E-state index contributed by atoms with van der Waals surface area (Å²) in [5.41, 5.74) is 3.43. The first-order chi connectivity index (χ1) is 7.29. The van der Waals surface area contributed by atoms with Crippen LogP contribution in [-0.4, -0.2) is 0 Å². The van der Waals surface area contributed by atoms with Gasteiger partial charge >= 0.3 is 0 Å². The molecule has 0 N–H and O–H groups in total. The van der Waals surface area contributed by atoms with Crippen LogP contribution in [0.3, 0.4) is 0 Å². The molecule has 0 aliphatic heterocycles. The lowest BCUT2D eigenvalue weighted by atomic mass is 9.95. The Morgan fingerprint density at radius 2 is 1.53 bits per heavy atom. The smallest absolute Gasteiger partial charge is 0.124 e. The Labute approximate surface area is 88.4 Å². The van der Waals surface area contributed by atoms with E-state index in [9.17, 15) is 4.39 Å². The molecule has 0 bridgehead atoms. The monoisotopic (exact) mass is 196 g/mol. The van der Waals surface area contributed by atoms with E-state index in [1.807, 2.05) is 0 Å². The highest BCUT2D eigenvalue weighted by molar-refractivity contribution is 5.75. The lowest BCUT2D eigenvalue weighted by Gasteiger charge is -2.10. The molecular formula is C14H9F. The number of rotatable bonds is 0. The fraction of sp³-hybridized carbons (Fsp3) is 0. The van der Waals surface area contributed by atoms with Crippen molar-refractivity contribution in [2.24, 2.45) is 0 Å². The predicted octanol–water partition coefficient (Wildman–Crippen LogP) is 3.47. The molecule has 0 saturated heterocycles. The second kappa shape index (κ2) is 3.98. The second-order valence-corrected chi connectivity index (χ2v) is 3.23. The van der Waals surface area contributed by atoms with Crippen LogP contribution in [0.25, 0.3) is 11.1 Å². The van der Waals surface area contributed by atoms with Crippen LogP contribution >= 0.6 is 0 Å². The van der Waals surface area contributed by atoms with Crippen molar-refractivity contribution in [3.63, 3.8) is 0 Å². The lowest BCUT2D eigenvalue weighted by molar-refractivity contribution is 0.627. The molecule has 72 valence electrons. The summed E-state index contributed by atoms with van der Waals surface area (Å²) in [4.78, 5) is 0. The fourth-order valence-corrected chi connectivity index (χ4v) is 1.24. The van der Waals surface area contributed by atoms with E-state index in [2.05, 4.69) is 30.2 Å². The van der Waals surface area contributed by atoms with Gasteiger partial charge < -0.3 is 0 Å². The van der Waals surface area contributed by atoms with Gasteiger partial charge in [0, 0.05) is 5.56 Å². The molecule has 0 spiro atoms. The van der Waals surface area contributed by atoms with E-state index in [4.69, 9.17) is 6.42 Å². The summed E-state index contributed by atoms with van der Waals surface area (Å²) in [6.45, 7) is 0. The van der Waals surface area contributed by atoms with Gasteiger partial charge in [0.05, 0.1) is 0 Å². The third-order valence-corrected chi connectivity index (χ3v) is 2.21. The highest BCUT2D eigenvalue weighted by atomic mass is 19.1. The zero-order valence-electron chi connectivity index (χ0n) is 8.07. The average Bonchev–Trinajstić information content (AvgIpc) is 2.24. The van der Waals surface area contributed by atoms with Crippen LogP contribution < -0.4 is 0 Å². The molecular weight excluding hydrogens is 187 g/mol. The molecule has 2 aliphatic rings. The number of terminal acetylenes is 1. The average molecular weight is 196 g/mol. The number of hydrogen-bond donors (Lipinski definition) is 0. The van der Waals surface area contributed by atoms with E-state index in [0.29, 0.717) is 5.56 Å². The van der Waals surface area contributed by atoms with Crippen molar-refractivity contribution in [1.29, 1.82) is 0 Å². The highest BCUT2D eigenvalue weighted by Crippen LogP contribution is 2.29. The van der Waals surface area contributed by atoms with Crippen molar-refractivity contribution in [3.8, 4) is 23.5 Å². The number of halogens is 1. The van der Waals surface area contributed by atoms with E-state index < -0.39 is 0 Å². The first kappa shape index (κ1) is 9.48. The van der Waals surface area contributed by atoms with Gasteiger partial charge in [-0.15, -0.1) is 6.42 Å². The summed E-state index contributed by atoms with van der Waals surface area (Å²) < 4.78 is 12.3. The van der Waals surface area contributed by atoms with Gasteiger partial charge in [0.25, 0.3) is 0 Å². The van der Waals surface area contributed by atoms with Crippen LogP contribution in [0.2, 0.25) is 0 Å². The van der Waals surface area contributed by atoms with Crippen LogP contribution in [0.5, 0.6) is 0 Å². The van der Waals surface area contributed by atoms with Gasteiger partial charge in [0.1, 0.15) is 5.82 Å². The summed E-state index contributed by atoms with van der Waals surface area (Å²) in [6.07, 6.45) is 5.00. The van der Waals surface area contributed by atoms with Crippen molar-refractivity contribution < 1.29 is 4.39 Å². The molecule has 0 radical (unpaired) electrons. The minimum atomic E-state index is -0.287. The Bertz CT molecular complexity index is 483. The van der Waals surface area contributed by atoms with Crippen molar-refractivity contribution in [1.82, 2.24) is 0 Å². The minimum absolute atomic E-state index is 0.287. The van der Waals surface area contributed by atoms with Crippen molar-refractivity contribution >= 4 is 0 Å². The molecule has 0 heterocycles. The summed E-state index contributed by atoms with van der Waals surface area (Å²) in [5.74, 6) is 2.04. The molecule has 0 atom stereocenters. The van der Waals surface area contributed by atoms with Crippen LogP contribution in [0.15, 0.2) is 48.5 Å². The Morgan fingerprint density at radius 1 is 0.933 bits per heavy atom. The van der Waals surface area contributed by atoms with E-state index in [1.165, 1.54) is 23.3 Å². The molecule has 0 fully saturated rings. The molecule has 3 rings (SSSR count). The van der Waals surface area contributed by atoms with Gasteiger partial charge in [0.15, 0.2) is 0 Å². The van der Waals surface area contributed by atoms with E-state index in [0.717, 1.165) is 0 Å². The Hall–Kier alpha value is -2.07. The molecule has 2 aliphatic carbocycles. The van der Waals surface area contributed by atoms with Gasteiger partial charge in [-0.3, -0.25) is 0 Å². The molecule has 0 nitrogen and oxygen atoms in total. The zero-order chi connectivity index (χ0) is 10.7. The molecule has 0 unspecified atom stereocenters. The van der Waals surface area contributed by atoms with Crippen molar-refractivity contribution in [2.75, 3.05) is 0 Å². The Balaban J connectivity index is 0.000000121. The number of hydrogen-bond acceptors (Lipinski definition) is 0. The third-order valence-electron chi connectivity index (χ3n) is 2.21. The Kier molecular flexibility index (Phi) is 2.51. The molecule has 15 heavy (non-hydrogen) atoms. The quantitative estimate of drug-likeness (QED) is 0.483. The van der Waals surface area contributed by atoms with Crippen LogP contribution in [0, 0.1) is 18.2 Å². The fourth-order valence-electron chi connectivity index (χ4n) is 1.24. The first-order valence-electron chi connectivity index (χ1n) is 4.62. The van der Waals surface area contributed by atoms with E-state index in [-0.39, 0.29) is 5.82 Å². The maximum Gasteiger partial charge on any atom is 0.124 e. The predicted molar refractivity (Wildman–Crippen MR) is 59.8 cm³/mol. The van der Waals surface area contributed by atoms with Crippen LogP contribution in [-0.2, 0) is 0 Å². The summed E-state index contributed by atoms with van der Waals surface area (Å²) >= 11 is 0. The Morgan fingerprint density at radius 3 is 1.80 bits per heavy atom. The summed E-state index contributed by atoms with van der Waals surface area (Å²) in [5, 5.41) is 0. The zero-order valence-corrected chi connectivity index (χ0v) is 8.07. The topological polar surface area (TPSA) is 0 Å². The summed E-state index contributed by atoms with van der Waals surface area (Å²) in [6, 6.07) is 14.4.